The molecule has 11 heteroatoms. The number of rotatable bonds is 11. The molecule has 3 rings (SSSR count). The molecule has 1 N–H and O–H groups in total. The molecule has 0 heterocycles. The molecule has 0 bridgehead atoms. The molecular formula is C28H30Cl3N3O4S. The van der Waals surface area contributed by atoms with Crippen LogP contribution in [0.5, 0.6) is 0 Å². The maximum atomic E-state index is 14.0. The van der Waals surface area contributed by atoms with E-state index in [1.54, 1.807) is 50.2 Å². The van der Waals surface area contributed by atoms with E-state index < -0.39 is 28.5 Å². The quantitative estimate of drug-likeness (QED) is 0.285. The Morgan fingerprint density at radius 2 is 1.62 bits per heavy atom. The number of hydrogen-bond donors (Lipinski definition) is 1. The van der Waals surface area contributed by atoms with Crippen molar-refractivity contribution in [1.82, 2.24) is 10.2 Å². The number of halogens is 3. The van der Waals surface area contributed by atoms with Gasteiger partial charge in [0, 0.05) is 18.1 Å². The van der Waals surface area contributed by atoms with Crippen LogP contribution in [0.4, 0.5) is 5.69 Å². The minimum Gasteiger partial charge on any atom is -0.355 e. The molecule has 0 aliphatic rings. The number of likely N-dealkylation sites (N-methyl/N-ethyl adjacent to an activating group) is 1. The van der Waals surface area contributed by atoms with Crippen LogP contribution in [0.25, 0.3) is 0 Å². The monoisotopic (exact) mass is 609 g/mol. The lowest BCUT2D eigenvalue weighted by Crippen LogP contribution is -2.52. The lowest BCUT2D eigenvalue weighted by molar-refractivity contribution is -0.140. The molecule has 3 aromatic carbocycles. The van der Waals surface area contributed by atoms with Crippen LogP contribution in [0.3, 0.4) is 0 Å². The minimum absolute atomic E-state index is 0.0204. The molecule has 3 aromatic rings. The summed E-state index contributed by atoms with van der Waals surface area (Å²) >= 11 is 18.3. The SMILES string of the molecule is CCNC(=O)[C@@H](CC)N(Cc1ccc(Cl)c(Cl)c1)C(=O)CN(c1cccc(C)c1)S(=O)(=O)c1ccc(Cl)cc1. The predicted octanol–water partition coefficient (Wildman–Crippen LogP) is 6.09. The summed E-state index contributed by atoms with van der Waals surface area (Å²) in [7, 11) is -4.18. The molecule has 0 saturated carbocycles. The lowest BCUT2D eigenvalue weighted by Gasteiger charge is -2.33. The highest BCUT2D eigenvalue weighted by atomic mass is 35.5. The van der Waals surface area contributed by atoms with E-state index in [9.17, 15) is 18.0 Å². The topological polar surface area (TPSA) is 86.8 Å². The van der Waals surface area contributed by atoms with Crippen LogP contribution >= 0.6 is 34.8 Å². The van der Waals surface area contributed by atoms with Gasteiger partial charge in [0.15, 0.2) is 0 Å². The molecule has 208 valence electrons. The van der Waals surface area contributed by atoms with Gasteiger partial charge in [-0.1, -0.05) is 59.9 Å². The Labute approximate surface area is 244 Å². The van der Waals surface area contributed by atoms with Crippen molar-refractivity contribution in [3.05, 3.63) is 92.9 Å². The van der Waals surface area contributed by atoms with E-state index in [1.807, 2.05) is 13.0 Å². The van der Waals surface area contributed by atoms with Crippen LogP contribution in [0.15, 0.2) is 71.6 Å². The van der Waals surface area contributed by atoms with Crippen molar-refractivity contribution in [3.63, 3.8) is 0 Å². The van der Waals surface area contributed by atoms with E-state index in [0.717, 1.165) is 9.87 Å². The molecule has 0 aliphatic carbocycles. The first-order valence-electron chi connectivity index (χ1n) is 12.3. The van der Waals surface area contributed by atoms with Crippen molar-refractivity contribution in [3.8, 4) is 0 Å². The molecule has 0 fully saturated rings. The highest BCUT2D eigenvalue weighted by Gasteiger charge is 2.33. The van der Waals surface area contributed by atoms with Crippen LogP contribution in [0.1, 0.15) is 31.4 Å². The predicted molar refractivity (Wildman–Crippen MR) is 157 cm³/mol. The Morgan fingerprint density at radius 3 is 2.21 bits per heavy atom. The Bertz CT molecular complexity index is 1430. The van der Waals surface area contributed by atoms with Crippen molar-refractivity contribution in [2.24, 2.45) is 0 Å². The highest BCUT2D eigenvalue weighted by Crippen LogP contribution is 2.27. The third-order valence-corrected chi connectivity index (χ3v) is 8.82. The standard InChI is InChI=1S/C28H30Cl3N3O4S/c1-4-26(28(36)32-5-2)33(17-20-9-14-24(30)25(31)16-20)27(35)18-34(22-8-6-7-19(3)15-22)39(37,38)23-12-10-21(29)11-13-23/h6-16,26H,4-5,17-18H2,1-3H3,(H,32,36)/t26-/m1/s1. The van der Waals surface area contributed by atoms with Gasteiger partial charge in [-0.2, -0.15) is 0 Å². The summed E-state index contributed by atoms with van der Waals surface area (Å²) in [5.41, 5.74) is 1.78. The highest BCUT2D eigenvalue weighted by molar-refractivity contribution is 7.92. The summed E-state index contributed by atoms with van der Waals surface area (Å²) in [6.45, 7) is 5.27. The molecule has 1 atom stereocenters. The van der Waals surface area contributed by atoms with Crippen molar-refractivity contribution >= 4 is 62.3 Å². The van der Waals surface area contributed by atoms with Gasteiger partial charge < -0.3 is 10.2 Å². The normalized spacial score (nSPS) is 12.1. The Hall–Kier alpha value is -2.78. The number of amides is 2. The first-order valence-corrected chi connectivity index (χ1v) is 14.9. The lowest BCUT2D eigenvalue weighted by atomic mass is 10.1. The number of carbonyl (C=O) groups is 2. The van der Waals surface area contributed by atoms with Gasteiger partial charge in [0.1, 0.15) is 12.6 Å². The number of hydrogen-bond acceptors (Lipinski definition) is 4. The van der Waals surface area contributed by atoms with Gasteiger partial charge in [0.05, 0.1) is 20.6 Å². The summed E-state index contributed by atoms with van der Waals surface area (Å²) in [6, 6.07) is 16.7. The Morgan fingerprint density at radius 1 is 0.923 bits per heavy atom. The van der Waals surface area contributed by atoms with Crippen LogP contribution in [-0.2, 0) is 26.2 Å². The summed E-state index contributed by atoms with van der Waals surface area (Å²) in [5, 5.41) is 3.81. The fourth-order valence-corrected chi connectivity index (χ4v) is 5.94. The molecule has 0 spiro atoms. The zero-order chi connectivity index (χ0) is 28.7. The van der Waals surface area contributed by atoms with E-state index in [1.165, 1.54) is 29.2 Å². The summed E-state index contributed by atoms with van der Waals surface area (Å²) < 4.78 is 28.7. The van der Waals surface area contributed by atoms with E-state index in [0.29, 0.717) is 39.3 Å². The second-order valence-corrected chi connectivity index (χ2v) is 12.0. The van der Waals surface area contributed by atoms with E-state index in [4.69, 9.17) is 34.8 Å². The fourth-order valence-electron chi connectivity index (χ4n) is 4.09. The summed E-state index contributed by atoms with van der Waals surface area (Å²) in [5.74, 6) is -0.894. The van der Waals surface area contributed by atoms with Gasteiger partial charge in [0.2, 0.25) is 11.8 Å². The van der Waals surface area contributed by atoms with Crippen LogP contribution < -0.4 is 9.62 Å². The van der Waals surface area contributed by atoms with Gasteiger partial charge in [-0.3, -0.25) is 13.9 Å². The molecule has 0 radical (unpaired) electrons. The van der Waals surface area contributed by atoms with Crippen molar-refractivity contribution in [2.75, 3.05) is 17.4 Å². The molecular weight excluding hydrogens is 581 g/mol. The van der Waals surface area contributed by atoms with Gasteiger partial charge in [0.25, 0.3) is 10.0 Å². The molecule has 0 unspecified atom stereocenters. The first kappa shape index (κ1) is 30.8. The van der Waals surface area contributed by atoms with Crippen LogP contribution in [-0.4, -0.2) is 44.3 Å². The molecule has 0 aromatic heterocycles. The Balaban J connectivity index is 2.07. The number of aryl methyl sites for hydroxylation is 1. The van der Waals surface area contributed by atoms with Gasteiger partial charge in [-0.05, 0) is 79.9 Å². The molecule has 2 amide bonds. The smallest absolute Gasteiger partial charge is 0.264 e. The number of nitrogens with zero attached hydrogens (tertiary/aromatic N) is 2. The molecule has 7 nitrogen and oxygen atoms in total. The van der Waals surface area contributed by atoms with Crippen molar-refractivity contribution in [1.29, 1.82) is 0 Å². The fraction of sp³-hybridized carbons (Fsp3) is 0.286. The summed E-state index contributed by atoms with van der Waals surface area (Å²) in [4.78, 5) is 28.3. The first-order chi connectivity index (χ1) is 18.5. The molecule has 39 heavy (non-hydrogen) atoms. The number of anilines is 1. The molecule has 0 aliphatic heterocycles. The van der Waals surface area contributed by atoms with Crippen LogP contribution in [0.2, 0.25) is 15.1 Å². The maximum Gasteiger partial charge on any atom is 0.264 e. The number of sulfonamides is 1. The van der Waals surface area contributed by atoms with Gasteiger partial charge in [-0.15, -0.1) is 0 Å². The second-order valence-electron chi connectivity index (χ2n) is 8.89. The largest absolute Gasteiger partial charge is 0.355 e. The number of benzene rings is 3. The third kappa shape index (κ3) is 7.66. The van der Waals surface area contributed by atoms with Crippen molar-refractivity contribution in [2.45, 2.75) is 44.7 Å². The van der Waals surface area contributed by atoms with Crippen molar-refractivity contribution < 1.29 is 18.0 Å². The number of carbonyl (C=O) groups excluding carboxylic acids is 2. The zero-order valence-electron chi connectivity index (χ0n) is 21.8. The average Bonchev–Trinajstić information content (AvgIpc) is 2.89. The van der Waals surface area contributed by atoms with E-state index in [-0.39, 0.29) is 17.3 Å². The third-order valence-electron chi connectivity index (χ3n) is 6.04. The van der Waals surface area contributed by atoms with E-state index >= 15 is 0 Å². The molecule has 0 saturated heterocycles. The van der Waals surface area contributed by atoms with Gasteiger partial charge >= 0.3 is 0 Å². The van der Waals surface area contributed by atoms with Gasteiger partial charge in [-0.25, -0.2) is 8.42 Å². The Kier molecular flexibility index (Phi) is 10.7. The average molecular weight is 611 g/mol. The minimum atomic E-state index is -4.18. The second kappa shape index (κ2) is 13.5. The zero-order valence-corrected chi connectivity index (χ0v) is 24.9. The maximum absolute atomic E-state index is 14.0. The number of nitrogens with one attached hydrogen (secondary N) is 1. The van der Waals surface area contributed by atoms with Crippen LogP contribution in [0, 0.1) is 6.92 Å². The summed E-state index contributed by atoms with van der Waals surface area (Å²) in [6.07, 6.45) is 0.313. The van der Waals surface area contributed by atoms with E-state index in [2.05, 4.69) is 5.32 Å².